The summed E-state index contributed by atoms with van der Waals surface area (Å²) >= 11 is 0. The highest BCUT2D eigenvalue weighted by molar-refractivity contribution is 5.71. The number of hydrogen-bond acceptors (Lipinski definition) is 6. The van der Waals surface area contributed by atoms with Gasteiger partial charge in [-0.2, -0.15) is 0 Å². The Balaban J connectivity index is 4.22. The van der Waals surface area contributed by atoms with E-state index in [1.165, 1.54) is 276 Å². The molecule has 0 N–H and O–H groups in total. The van der Waals surface area contributed by atoms with Gasteiger partial charge in [0.05, 0.1) is 0 Å². The molecule has 0 saturated heterocycles. The standard InChI is InChI=1S/C76H142O6/c1-4-7-10-13-16-19-22-25-28-30-32-34-36-37-38-39-40-42-43-45-48-51-54-57-60-63-66-69-75(78)81-72-73(71-80-74(77)68-65-62-59-56-53-50-47-27-24-21-18-15-12-9-6-3)82-76(79)70-67-64-61-58-55-52-49-46-44-41-35-33-31-29-26-23-20-17-14-11-8-5-2/h9,12,18,21,27,47,73H,4-8,10-11,13-17,19-20,22-26,28-46,48-72H2,1-3H3/b12-9-,21-18-,47-27-. The molecule has 0 bridgehead atoms. The monoisotopic (exact) mass is 1150 g/mol. The van der Waals surface area contributed by atoms with E-state index in [0.29, 0.717) is 19.3 Å². The molecule has 0 aromatic heterocycles. The first-order valence-corrected chi connectivity index (χ1v) is 37.0. The van der Waals surface area contributed by atoms with Crippen LogP contribution in [0.5, 0.6) is 0 Å². The van der Waals surface area contributed by atoms with Crippen molar-refractivity contribution in [2.24, 2.45) is 0 Å². The number of esters is 3. The van der Waals surface area contributed by atoms with Crippen LogP contribution in [0.25, 0.3) is 0 Å². The Kier molecular flexibility index (Phi) is 69.1. The first kappa shape index (κ1) is 79.6. The van der Waals surface area contributed by atoms with Crippen LogP contribution in [0.4, 0.5) is 0 Å². The van der Waals surface area contributed by atoms with E-state index >= 15 is 0 Å². The van der Waals surface area contributed by atoms with Crippen molar-refractivity contribution >= 4 is 17.9 Å². The summed E-state index contributed by atoms with van der Waals surface area (Å²) < 4.78 is 17.0. The van der Waals surface area contributed by atoms with Crippen molar-refractivity contribution in [1.29, 1.82) is 0 Å². The van der Waals surface area contributed by atoms with E-state index in [1.807, 2.05) is 0 Å². The van der Waals surface area contributed by atoms with E-state index in [4.69, 9.17) is 14.2 Å². The Morgan fingerprint density at radius 3 is 0.744 bits per heavy atom. The van der Waals surface area contributed by atoms with E-state index in [1.54, 1.807) is 0 Å². The average Bonchev–Trinajstić information content (AvgIpc) is 3.48. The van der Waals surface area contributed by atoms with Crippen LogP contribution >= 0.6 is 0 Å². The van der Waals surface area contributed by atoms with E-state index in [-0.39, 0.29) is 31.1 Å². The van der Waals surface area contributed by atoms with Crippen molar-refractivity contribution in [3.63, 3.8) is 0 Å². The fraction of sp³-hybridized carbons (Fsp3) is 0.882. The van der Waals surface area contributed by atoms with Gasteiger partial charge in [-0.05, 0) is 51.4 Å². The second-order valence-corrected chi connectivity index (χ2v) is 25.2. The lowest BCUT2D eigenvalue weighted by atomic mass is 10.0. The van der Waals surface area contributed by atoms with Gasteiger partial charge in [0.15, 0.2) is 6.10 Å². The zero-order chi connectivity index (χ0) is 59.2. The fourth-order valence-electron chi connectivity index (χ4n) is 11.4. The highest BCUT2D eigenvalue weighted by Crippen LogP contribution is 2.19. The number of carbonyl (C=O) groups excluding carboxylic acids is 3. The largest absolute Gasteiger partial charge is 0.462 e. The third kappa shape index (κ3) is 68.4. The Labute approximate surface area is 512 Å². The number of carbonyl (C=O) groups is 3. The first-order chi connectivity index (χ1) is 40.5. The third-order valence-electron chi connectivity index (χ3n) is 16.9. The SMILES string of the molecule is CC/C=C\C/C=C\C/C=C\CCCCCCCC(=O)OCC(COC(=O)CCCCCCCCCCCCCCCCCCCCCCCCCCCCC)OC(=O)CCCCCCCCCCCCCCCCCCCCCCCC. The van der Waals surface area contributed by atoms with E-state index in [9.17, 15) is 14.4 Å². The maximum atomic E-state index is 13.0. The molecule has 6 nitrogen and oxygen atoms in total. The highest BCUT2D eigenvalue weighted by atomic mass is 16.6. The maximum absolute atomic E-state index is 13.0. The molecule has 0 aliphatic rings. The van der Waals surface area contributed by atoms with Gasteiger partial charge in [0.2, 0.25) is 0 Å². The minimum absolute atomic E-state index is 0.0717. The maximum Gasteiger partial charge on any atom is 0.306 e. The van der Waals surface area contributed by atoms with E-state index in [2.05, 4.69) is 57.2 Å². The highest BCUT2D eigenvalue weighted by Gasteiger charge is 2.20. The molecule has 0 amide bonds. The first-order valence-electron chi connectivity index (χ1n) is 37.0. The summed E-state index contributed by atoms with van der Waals surface area (Å²) in [6, 6.07) is 0. The zero-order valence-electron chi connectivity index (χ0n) is 55.5. The molecule has 482 valence electrons. The zero-order valence-corrected chi connectivity index (χ0v) is 55.5. The number of rotatable bonds is 69. The molecule has 0 saturated carbocycles. The van der Waals surface area contributed by atoms with Crippen molar-refractivity contribution in [1.82, 2.24) is 0 Å². The quantitative estimate of drug-likeness (QED) is 0.0261. The van der Waals surface area contributed by atoms with Crippen molar-refractivity contribution < 1.29 is 28.6 Å². The number of allylic oxidation sites excluding steroid dienone is 6. The number of hydrogen-bond donors (Lipinski definition) is 0. The van der Waals surface area contributed by atoms with Crippen molar-refractivity contribution in [3.8, 4) is 0 Å². The van der Waals surface area contributed by atoms with Crippen LogP contribution in [0.15, 0.2) is 36.5 Å². The van der Waals surface area contributed by atoms with Gasteiger partial charge >= 0.3 is 17.9 Å². The van der Waals surface area contributed by atoms with Crippen LogP contribution in [0.1, 0.15) is 412 Å². The van der Waals surface area contributed by atoms with Crippen molar-refractivity contribution in [2.75, 3.05) is 13.2 Å². The minimum Gasteiger partial charge on any atom is -0.462 e. The summed E-state index contributed by atoms with van der Waals surface area (Å²) in [5, 5.41) is 0. The van der Waals surface area contributed by atoms with Crippen molar-refractivity contribution in [3.05, 3.63) is 36.5 Å². The van der Waals surface area contributed by atoms with Crippen molar-refractivity contribution in [2.45, 2.75) is 419 Å². The summed E-state index contributed by atoms with van der Waals surface area (Å²) in [6.07, 6.45) is 89.1. The number of ether oxygens (including phenoxy) is 3. The minimum atomic E-state index is -0.777. The van der Waals surface area contributed by atoms with Gasteiger partial charge in [-0.3, -0.25) is 14.4 Å². The summed E-state index contributed by atoms with van der Waals surface area (Å²) in [7, 11) is 0. The van der Waals surface area contributed by atoms with Crippen LogP contribution in [-0.4, -0.2) is 37.2 Å². The molecule has 0 heterocycles. The molecule has 0 fully saturated rings. The molecule has 0 radical (unpaired) electrons. The summed E-state index contributed by atoms with van der Waals surface area (Å²) in [6.45, 7) is 6.60. The number of unbranched alkanes of at least 4 members (excludes halogenated alkanes) is 52. The van der Waals surface area contributed by atoms with Gasteiger partial charge < -0.3 is 14.2 Å². The summed E-state index contributed by atoms with van der Waals surface area (Å²) in [5.41, 5.74) is 0. The van der Waals surface area contributed by atoms with Gasteiger partial charge in [-0.15, -0.1) is 0 Å². The molecule has 0 aliphatic carbocycles. The van der Waals surface area contributed by atoms with E-state index < -0.39 is 6.10 Å². The smallest absolute Gasteiger partial charge is 0.306 e. The molecule has 0 aliphatic heterocycles. The Morgan fingerprint density at radius 1 is 0.256 bits per heavy atom. The lowest BCUT2D eigenvalue weighted by Gasteiger charge is -2.18. The third-order valence-corrected chi connectivity index (χ3v) is 16.9. The Bertz CT molecular complexity index is 1370. The molecule has 82 heavy (non-hydrogen) atoms. The summed E-state index contributed by atoms with van der Waals surface area (Å²) in [4.78, 5) is 38.5. The molecule has 1 atom stereocenters. The van der Waals surface area contributed by atoms with Crippen LogP contribution in [0.2, 0.25) is 0 Å². The van der Waals surface area contributed by atoms with Gasteiger partial charge in [-0.25, -0.2) is 0 Å². The second kappa shape index (κ2) is 71.1. The molecule has 0 rings (SSSR count). The van der Waals surface area contributed by atoms with Crippen LogP contribution in [0.3, 0.4) is 0 Å². The van der Waals surface area contributed by atoms with Gasteiger partial charge in [-0.1, -0.05) is 378 Å². The lowest BCUT2D eigenvalue weighted by Crippen LogP contribution is -2.30. The molecule has 0 aromatic rings. The van der Waals surface area contributed by atoms with Crippen LogP contribution < -0.4 is 0 Å². The topological polar surface area (TPSA) is 78.9 Å². The molecule has 1 unspecified atom stereocenters. The van der Waals surface area contributed by atoms with E-state index in [0.717, 1.165) is 96.3 Å². The van der Waals surface area contributed by atoms with Gasteiger partial charge in [0, 0.05) is 19.3 Å². The second-order valence-electron chi connectivity index (χ2n) is 25.2. The van der Waals surface area contributed by atoms with Gasteiger partial charge in [0.1, 0.15) is 13.2 Å². The Morgan fingerprint density at radius 2 is 0.476 bits per heavy atom. The predicted octanol–water partition coefficient (Wildman–Crippen LogP) is 25.5. The molecule has 6 heteroatoms. The Hall–Kier alpha value is -2.37. The molecule has 0 aromatic carbocycles. The molecular weight excluding hydrogens is 1010 g/mol. The van der Waals surface area contributed by atoms with Crippen LogP contribution in [0, 0.1) is 0 Å². The average molecular weight is 1150 g/mol. The molecular formula is C76H142O6. The predicted molar refractivity (Wildman–Crippen MR) is 358 cm³/mol. The normalized spacial score (nSPS) is 12.2. The van der Waals surface area contributed by atoms with Gasteiger partial charge in [0.25, 0.3) is 0 Å². The van der Waals surface area contributed by atoms with Crippen LogP contribution in [-0.2, 0) is 28.6 Å². The lowest BCUT2D eigenvalue weighted by molar-refractivity contribution is -0.167. The fourth-order valence-corrected chi connectivity index (χ4v) is 11.4. The summed E-state index contributed by atoms with van der Waals surface area (Å²) in [5.74, 6) is -0.856. The molecule has 0 spiro atoms.